The Bertz CT molecular complexity index is 469. The Balaban J connectivity index is 0.00000361. The summed E-state index contributed by atoms with van der Waals surface area (Å²) in [6, 6.07) is 3.92. The van der Waals surface area contributed by atoms with Gasteiger partial charge < -0.3 is 10.6 Å². The van der Waals surface area contributed by atoms with E-state index in [0.717, 1.165) is 13.0 Å². The Morgan fingerprint density at radius 3 is 2.65 bits per heavy atom. The van der Waals surface area contributed by atoms with E-state index in [1.807, 2.05) is 6.92 Å². The summed E-state index contributed by atoms with van der Waals surface area (Å²) in [5.74, 6) is -0.493. The van der Waals surface area contributed by atoms with Gasteiger partial charge in [-0.15, -0.1) is 12.4 Å². The van der Waals surface area contributed by atoms with E-state index < -0.39 is 10.8 Å². The number of nitro groups is 1. The third kappa shape index (κ3) is 5.73. The van der Waals surface area contributed by atoms with Crippen LogP contribution in [0.3, 0.4) is 0 Å². The van der Waals surface area contributed by atoms with E-state index in [0.29, 0.717) is 18.1 Å². The number of amides is 1. The monoisotopic (exact) mass is 321 g/mol. The van der Waals surface area contributed by atoms with Crippen molar-refractivity contribution < 1.29 is 9.72 Å². The largest absolute Gasteiger partial charge is 0.351 e. The lowest BCUT2D eigenvalue weighted by Crippen LogP contribution is -2.32. The number of nitrogens with zero attached hydrogens (tertiary/aromatic N) is 1. The van der Waals surface area contributed by atoms with Gasteiger partial charge in [-0.1, -0.05) is 18.5 Å². The van der Waals surface area contributed by atoms with E-state index in [9.17, 15) is 14.9 Å². The topological polar surface area (TPSA) is 84.3 Å². The molecular formula is C12H17Cl2N3O3. The number of nitrogens with one attached hydrogen (secondary N) is 2. The van der Waals surface area contributed by atoms with Crippen LogP contribution in [0.25, 0.3) is 0 Å². The molecule has 0 aliphatic rings. The van der Waals surface area contributed by atoms with Crippen LogP contribution in [0.5, 0.6) is 0 Å². The van der Waals surface area contributed by atoms with Gasteiger partial charge in [-0.3, -0.25) is 14.9 Å². The highest BCUT2D eigenvalue weighted by molar-refractivity contribution is 6.31. The molecule has 1 amide bonds. The second-order valence-electron chi connectivity index (χ2n) is 3.92. The molecule has 0 aliphatic heterocycles. The van der Waals surface area contributed by atoms with E-state index in [2.05, 4.69) is 10.6 Å². The van der Waals surface area contributed by atoms with E-state index in [-0.39, 0.29) is 23.7 Å². The average Bonchev–Trinajstić information content (AvgIpc) is 2.37. The summed E-state index contributed by atoms with van der Waals surface area (Å²) < 4.78 is 0. The van der Waals surface area contributed by atoms with Crippen molar-refractivity contribution in [1.29, 1.82) is 0 Å². The lowest BCUT2D eigenvalue weighted by Gasteiger charge is -2.07. The Morgan fingerprint density at radius 2 is 2.05 bits per heavy atom. The summed E-state index contributed by atoms with van der Waals surface area (Å²) in [5.41, 5.74) is -0.267. The van der Waals surface area contributed by atoms with Crippen molar-refractivity contribution in [3.8, 4) is 0 Å². The molecule has 1 aromatic rings. The fourth-order valence-electron chi connectivity index (χ4n) is 1.51. The number of benzene rings is 1. The lowest BCUT2D eigenvalue weighted by atomic mass is 10.1. The molecule has 20 heavy (non-hydrogen) atoms. The highest BCUT2D eigenvalue weighted by atomic mass is 35.5. The van der Waals surface area contributed by atoms with Crippen molar-refractivity contribution in [2.75, 3.05) is 19.6 Å². The highest BCUT2D eigenvalue weighted by Crippen LogP contribution is 2.22. The zero-order chi connectivity index (χ0) is 14.3. The summed E-state index contributed by atoms with van der Waals surface area (Å²) in [5, 5.41) is 16.8. The Labute approximate surface area is 128 Å². The quantitative estimate of drug-likeness (QED) is 0.459. The number of halogens is 2. The van der Waals surface area contributed by atoms with Crippen LogP contribution in [0.2, 0.25) is 5.02 Å². The molecule has 0 heterocycles. The Kier molecular flexibility index (Phi) is 8.87. The molecule has 0 bridgehead atoms. The molecule has 0 saturated carbocycles. The molecule has 0 aliphatic carbocycles. The number of hydrogen-bond acceptors (Lipinski definition) is 4. The van der Waals surface area contributed by atoms with Crippen LogP contribution >= 0.6 is 24.0 Å². The van der Waals surface area contributed by atoms with Crippen molar-refractivity contribution in [2.45, 2.75) is 13.3 Å². The number of carbonyl (C=O) groups excluding carboxylic acids is 1. The van der Waals surface area contributed by atoms with E-state index >= 15 is 0 Å². The van der Waals surface area contributed by atoms with Gasteiger partial charge in [0.1, 0.15) is 5.56 Å². The molecule has 0 saturated heterocycles. The number of nitro benzene ring substituents is 1. The average molecular weight is 322 g/mol. The molecular weight excluding hydrogens is 305 g/mol. The zero-order valence-corrected chi connectivity index (χ0v) is 12.6. The molecule has 0 atom stereocenters. The summed E-state index contributed by atoms with van der Waals surface area (Å²) in [6.07, 6.45) is 1.01. The van der Waals surface area contributed by atoms with Crippen LogP contribution in [0.15, 0.2) is 18.2 Å². The lowest BCUT2D eigenvalue weighted by molar-refractivity contribution is -0.385. The molecule has 8 heteroatoms. The van der Waals surface area contributed by atoms with Crippen molar-refractivity contribution in [3.63, 3.8) is 0 Å². The molecule has 0 fully saturated rings. The van der Waals surface area contributed by atoms with Crippen LogP contribution in [0.4, 0.5) is 5.69 Å². The minimum atomic E-state index is -0.597. The van der Waals surface area contributed by atoms with Gasteiger partial charge in [0.2, 0.25) is 0 Å². The van der Waals surface area contributed by atoms with Crippen molar-refractivity contribution >= 4 is 35.6 Å². The molecule has 0 aromatic heterocycles. The predicted octanol–water partition coefficient (Wildman–Crippen LogP) is 2.40. The molecule has 2 N–H and O–H groups in total. The number of hydrogen-bond donors (Lipinski definition) is 2. The summed E-state index contributed by atoms with van der Waals surface area (Å²) >= 11 is 5.75. The Morgan fingerprint density at radius 1 is 1.35 bits per heavy atom. The molecule has 0 radical (unpaired) electrons. The number of rotatable bonds is 7. The van der Waals surface area contributed by atoms with Crippen LogP contribution in [0.1, 0.15) is 23.7 Å². The van der Waals surface area contributed by atoms with Crippen molar-refractivity contribution in [1.82, 2.24) is 10.6 Å². The number of carbonyl (C=O) groups is 1. The normalized spacial score (nSPS) is 9.70. The third-order valence-corrected chi connectivity index (χ3v) is 2.65. The molecule has 0 unspecified atom stereocenters. The van der Waals surface area contributed by atoms with Gasteiger partial charge in [-0.2, -0.15) is 0 Å². The van der Waals surface area contributed by atoms with Crippen LogP contribution in [0, 0.1) is 10.1 Å². The van der Waals surface area contributed by atoms with Crippen LogP contribution in [-0.4, -0.2) is 30.5 Å². The smallest absolute Gasteiger partial charge is 0.282 e. The fraction of sp³-hybridized carbons (Fsp3) is 0.417. The Hall–Kier alpha value is -1.37. The minimum Gasteiger partial charge on any atom is -0.351 e. The van der Waals surface area contributed by atoms with Crippen LogP contribution < -0.4 is 10.6 Å². The predicted molar refractivity (Wildman–Crippen MR) is 80.8 cm³/mol. The molecule has 112 valence electrons. The second-order valence-corrected chi connectivity index (χ2v) is 4.36. The first-order valence-corrected chi connectivity index (χ1v) is 6.37. The van der Waals surface area contributed by atoms with Gasteiger partial charge in [0.15, 0.2) is 0 Å². The second kappa shape index (κ2) is 9.52. The molecule has 0 spiro atoms. The standard InChI is InChI=1S/C12H16ClN3O3.ClH/c1-2-5-14-6-7-15-12(17)10-8-9(13)3-4-11(10)16(18)19;/h3-4,8,14H,2,5-7H2,1H3,(H,15,17);1H. The molecule has 1 rings (SSSR count). The van der Waals surface area contributed by atoms with Gasteiger partial charge in [0.05, 0.1) is 4.92 Å². The SMILES string of the molecule is CCCNCCNC(=O)c1cc(Cl)ccc1[N+](=O)[O-].Cl. The van der Waals surface area contributed by atoms with Gasteiger partial charge in [-0.25, -0.2) is 0 Å². The summed E-state index contributed by atoms with van der Waals surface area (Å²) in [6.45, 7) is 3.94. The van der Waals surface area contributed by atoms with Gasteiger partial charge in [0.25, 0.3) is 11.6 Å². The first-order valence-electron chi connectivity index (χ1n) is 5.99. The highest BCUT2D eigenvalue weighted by Gasteiger charge is 2.19. The van der Waals surface area contributed by atoms with Gasteiger partial charge >= 0.3 is 0 Å². The third-order valence-electron chi connectivity index (χ3n) is 2.41. The van der Waals surface area contributed by atoms with E-state index in [4.69, 9.17) is 11.6 Å². The van der Waals surface area contributed by atoms with Gasteiger partial charge in [-0.05, 0) is 25.1 Å². The van der Waals surface area contributed by atoms with Crippen molar-refractivity contribution in [2.24, 2.45) is 0 Å². The van der Waals surface area contributed by atoms with Gasteiger partial charge in [0, 0.05) is 24.2 Å². The molecule has 6 nitrogen and oxygen atoms in total. The maximum atomic E-state index is 11.9. The summed E-state index contributed by atoms with van der Waals surface area (Å²) in [7, 11) is 0. The van der Waals surface area contributed by atoms with Crippen LogP contribution in [-0.2, 0) is 0 Å². The van der Waals surface area contributed by atoms with E-state index in [1.54, 1.807) is 0 Å². The first kappa shape index (κ1) is 18.6. The fourth-order valence-corrected chi connectivity index (χ4v) is 1.68. The van der Waals surface area contributed by atoms with Crippen molar-refractivity contribution in [3.05, 3.63) is 38.9 Å². The zero-order valence-electron chi connectivity index (χ0n) is 11.0. The summed E-state index contributed by atoms with van der Waals surface area (Å²) in [4.78, 5) is 22.1. The molecule has 1 aromatic carbocycles. The minimum absolute atomic E-state index is 0. The maximum Gasteiger partial charge on any atom is 0.282 e. The maximum absolute atomic E-state index is 11.9. The first-order chi connectivity index (χ1) is 9.06. The van der Waals surface area contributed by atoms with E-state index in [1.165, 1.54) is 18.2 Å².